The summed E-state index contributed by atoms with van der Waals surface area (Å²) in [5, 5.41) is 0. The number of fused-ring (bicyclic) bond motifs is 1. The minimum atomic E-state index is -0.826. The summed E-state index contributed by atoms with van der Waals surface area (Å²) in [7, 11) is 9.87. The fraction of sp³-hybridized carbons (Fsp3) is 0.333. The molecule has 0 amide bonds. The number of halogens is 2. The predicted molar refractivity (Wildman–Crippen MR) is 104 cm³/mol. The zero-order chi connectivity index (χ0) is 17.5. The van der Waals surface area contributed by atoms with Crippen LogP contribution in [0.4, 0.5) is 0 Å². The SMILES string of the molecule is CCCc1ccc(-c2cccc3c2C=C(C(C)C)C3)cc1.[Cl][Zr][Cl]. The van der Waals surface area contributed by atoms with Crippen molar-refractivity contribution < 1.29 is 20.8 Å². The number of hydrogen-bond acceptors (Lipinski definition) is 0. The van der Waals surface area contributed by atoms with Crippen LogP contribution in [0.25, 0.3) is 17.2 Å². The summed E-state index contributed by atoms with van der Waals surface area (Å²) in [4.78, 5) is 0. The number of allylic oxidation sites excluding steroid dienone is 1. The van der Waals surface area contributed by atoms with Crippen molar-refractivity contribution in [2.75, 3.05) is 0 Å². The summed E-state index contributed by atoms with van der Waals surface area (Å²) in [5.74, 6) is 0.636. The van der Waals surface area contributed by atoms with E-state index in [9.17, 15) is 0 Å². The Morgan fingerprint density at radius 2 is 1.71 bits per heavy atom. The molecule has 0 radical (unpaired) electrons. The Kier molecular flexibility index (Phi) is 8.28. The van der Waals surface area contributed by atoms with Gasteiger partial charge in [0.15, 0.2) is 0 Å². The minimum absolute atomic E-state index is 0.636. The maximum absolute atomic E-state index is 4.93. The normalized spacial score (nSPS) is 12.3. The van der Waals surface area contributed by atoms with E-state index in [1.807, 2.05) is 0 Å². The van der Waals surface area contributed by atoms with Crippen molar-refractivity contribution in [3.63, 3.8) is 0 Å². The van der Waals surface area contributed by atoms with Crippen LogP contribution in [-0.4, -0.2) is 0 Å². The van der Waals surface area contributed by atoms with Crippen molar-refractivity contribution in [1.29, 1.82) is 0 Å². The molecule has 24 heavy (non-hydrogen) atoms. The van der Waals surface area contributed by atoms with E-state index in [-0.39, 0.29) is 0 Å². The average molecular weight is 439 g/mol. The number of aryl methyl sites for hydroxylation is 1. The molecule has 3 rings (SSSR count). The molecule has 0 spiro atoms. The van der Waals surface area contributed by atoms with Crippen molar-refractivity contribution in [3.05, 3.63) is 64.7 Å². The molecule has 0 saturated carbocycles. The van der Waals surface area contributed by atoms with Gasteiger partial charge in [0.2, 0.25) is 0 Å². The molecular formula is C21H24Cl2Zr. The molecule has 0 N–H and O–H groups in total. The summed E-state index contributed by atoms with van der Waals surface area (Å²) in [6, 6.07) is 15.8. The topological polar surface area (TPSA) is 0 Å². The van der Waals surface area contributed by atoms with Crippen LogP contribution in [0.1, 0.15) is 43.9 Å². The first-order valence-electron chi connectivity index (χ1n) is 8.48. The molecule has 0 heterocycles. The van der Waals surface area contributed by atoms with Gasteiger partial charge in [-0.25, -0.2) is 0 Å². The van der Waals surface area contributed by atoms with Crippen LogP contribution in [-0.2, 0) is 33.7 Å². The number of rotatable bonds is 4. The average Bonchev–Trinajstić information content (AvgIpc) is 3.01. The molecule has 0 atom stereocenters. The van der Waals surface area contributed by atoms with Crippen LogP contribution < -0.4 is 0 Å². The van der Waals surface area contributed by atoms with E-state index >= 15 is 0 Å². The van der Waals surface area contributed by atoms with E-state index < -0.39 is 20.8 Å². The molecule has 0 saturated heterocycles. The van der Waals surface area contributed by atoms with Crippen LogP contribution in [0, 0.1) is 5.92 Å². The quantitative estimate of drug-likeness (QED) is 0.471. The van der Waals surface area contributed by atoms with E-state index in [2.05, 4.69) is 69.3 Å². The van der Waals surface area contributed by atoms with Gasteiger partial charge in [-0.2, -0.15) is 0 Å². The molecule has 2 aromatic rings. The zero-order valence-corrected chi connectivity index (χ0v) is 18.5. The Morgan fingerprint density at radius 1 is 1.04 bits per heavy atom. The Balaban J connectivity index is 0.000000647. The van der Waals surface area contributed by atoms with Crippen molar-refractivity contribution in [2.24, 2.45) is 5.92 Å². The molecule has 1 aliphatic rings. The number of hydrogen-bond donors (Lipinski definition) is 0. The van der Waals surface area contributed by atoms with Gasteiger partial charge in [-0.15, -0.1) is 0 Å². The van der Waals surface area contributed by atoms with Crippen LogP contribution in [0.5, 0.6) is 0 Å². The van der Waals surface area contributed by atoms with Gasteiger partial charge in [-0.05, 0) is 46.6 Å². The second-order valence-electron chi connectivity index (χ2n) is 6.45. The monoisotopic (exact) mass is 436 g/mol. The zero-order valence-electron chi connectivity index (χ0n) is 14.6. The van der Waals surface area contributed by atoms with E-state index in [0.29, 0.717) is 5.92 Å². The molecule has 1 aliphatic carbocycles. The first-order valence-corrected chi connectivity index (χ1v) is 14.8. The standard InChI is InChI=1S/C21H24.2ClH.Zr/c1-4-6-16-9-11-17(12-10-16)20-8-5-7-18-13-19(15(2)3)14-21(18)20;;;/h5,7-12,14-15H,4,6,13H2,1-3H3;2*1H;/q;;;+2/p-2. The Bertz CT molecular complexity index is 687. The maximum atomic E-state index is 4.93. The third kappa shape index (κ3) is 5.07. The van der Waals surface area contributed by atoms with Crippen molar-refractivity contribution in [3.8, 4) is 11.1 Å². The van der Waals surface area contributed by atoms with Gasteiger partial charge in [-0.3, -0.25) is 0 Å². The first kappa shape index (κ1) is 20.0. The third-order valence-corrected chi connectivity index (χ3v) is 4.47. The van der Waals surface area contributed by atoms with Crippen LogP contribution >= 0.6 is 17.0 Å². The molecule has 0 unspecified atom stereocenters. The van der Waals surface area contributed by atoms with E-state index in [1.165, 1.54) is 40.7 Å². The van der Waals surface area contributed by atoms with E-state index in [0.717, 1.165) is 6.42 Å². The molecule has 0 aliphatic heterocycles. The Morgan fingerprint density at radius 3 is 2.29 bits per heavy atom. The van der Waals surface area contributed by atoms with Gasteiger partial charge in [0.25, 0.3) is 0 Å². The molecule has 0 nitrogen and oxygen atoms in total. The van der Waals surface area contributed by atoms with Crippen LogP contribution in [0.2, 0.25) is 0 Å². The van der Waals surface area contributed by atoms with Gasteiger partial charge < -0.3 is 0 Å². The Hall–Kier alpha value is -0.357. The van der Waals surface area contributed by atoms with Crippen molar-refractivity contribution >= 4 is 23.1 Å². The van der Waals surface area contributed by atoms with Gasteiger partial charge >= 0.3 is 37.9 Å². The fourth-order valence-corrected chi connectivity index (χ4v) is 3.16. The summed E-state index contributed by atoms with van der Waals surface area (Å²) in [6.45, 7) is 6.81. The molecule has 126 valence electrons. The molecule has 3 heteroatoms. The first-order chi connectivity index (χ1) is 11.6. The predicted octanol–water partition coefficient (Wildman–Crippen LogP) is 7.28. The van der Waals surface area contributed by atoms with Gasteiger partial charge in [-0.1, -0.05) is 81.3 Å². The summed E-state index contributed by atoms with van der Waals surface area (Å²) in [5.41, 5.74) is 8.63. The Labute approximate surface area is 164 Å². The van der Waals surface area contributed by atoms with Crippen molar-refractivity contribution in [1.82, 2.24) is 0 Å². The van der Waals surface area contributed by atoms with E-state index in [1.54, 1.807) is 5.57 Å². The summed E-state index contributed by atoms with van der Waals surface area (Å²) >= 11 is -0.826. The summed E-state index contributed by atoms with van der Waals surface area (Å²) < 4.78 is 0. The third-order valence-electron chi connectivity index (χ3n) is 4.47. The summed E-state index contributed by atoms with van der Waals surface area (Å²) in [6.07, 6.45) is 5.91. The van der Waals surface area contributed by atoms with Crippen molar-refractivity contribution in [2.45, 2.75) is 40.0 Å². The molecule has 0 bridgehead atoms. The molecule has 2 aromatic carbocycles. The van der Waals surface area contributed by atoms with Gasteiger partial charge in [0.05, 0.1) is 0 Å². The van der Waals surface area contributed by atoms with Crippen LogP contribution in [0.3, 0.4) is 0 Å². The second-order valence-corrected chi connectivity index (χ2v) is 10.2. The van der Waals surface area contributed by atoms with Crippen LogP contribution in [0.15, 0.2) is 48.0 Å². The molecular weight excluding hydrogens is 414 g/mol. The fourth-order valence-electron chi connectivity index (χ4n) is 3.16. The second kappa shape index (κ2) is 9.95. The molecule has 0 fully saturated rings. The molecule has 0 aromatic heterocycles. The van der Waals surface area contributed by atoms with E-state index in [4.69, 9.17) is 17.0 Å². The van der Waals surface area contributed by atoms with Gasteiger partial charge in [0, 0.05) is 0 Å². The number of benzene rings is 2. The van der Waals surface area contributed by atoms with Gasteiger partial charge in [0.1, 0.15) is 0 Å².